The first-order valence-corrected chi connectivity index (χ1v) is 8.26. The van der Waals surface area contributed by atoms with E-state index in [4.69, 9.17) is 4.74 Å². The monoisotopic (exact) mass is 327 g/mol. The molecule has 0 fully saturated rings. The van der Waals surface area contributed by atoms with Crippen molar-refractivity contribution in [1.29, 1.82) is 0 Å². The molecule has 0 unspecified atom stereocenters. The van der Waals surface area contributed by atoms with Crippen molar-refractivity contribution in [3.05, 3.63) is 71.8 Å². The Hall–Kier alpha value is -2.17. The van der Waals surface area contributed by atoms with E-state index in [-0.39, 0.29) is 18.4 Å². The number of carbonyl (C=O) groups excluding carboxylic acids is 1. The second-order valence-corrected chi connectivity index (χ2v) is 5.65. The number of nitrogens with zero attached hydrogens (tertiary/aromatic N) is 1. The molecule has 0 aliphatic rings. The molecular weight excluding hydrogens is 302 g/mol. The van der Waals surface area contributed by atoms with Gasteiger partial charge in [-0.15, -0.1) is 0 Å². The van der Waals surface area contributed by atoms with Crippen LogP contribution in [-0.2, 0) is 9.53 Å². The predicted octanol–water partition coefficient (Wildman–Crippen LogP) is 2.68. The molecule has 1 N–H and O–H groups in total. The smallest absolute Gasteiger partial charge is 0.234 e. The molecule has 0 atom stereocenters. The number of aliphatic hydroxyl groups excluding tert-OH is 1. The zero-order valence-corrected chi connectivity index (χ0v) is 14.1. The minimum absolute atomic E-state index is 0.0116. The van der Waals surface area contributed by atoms with E-state index in [1.54, 1.807) is 12.0 Å². The van der Waals surface area contributed by atoms with Crippen LogP contribution in [0.2, 0.25) is 0 Å². The number of amides is 1. The summed E-state index contributed by atoms with van der Waals surface area (Å²) in [7, 11) is 1.65. The quantitative estimate of drug-likeness (QED) is 0.721. The van der Waals surface area contributed by atoms with Crippen molar-refractivity contribution in [1.82, 2.24) is 4.90 Å². The van der Waals surface area contributed by atoms with Gasteiger partial charge in [0.15, 0.2) is 0 Å². The summed E-state index contributed by atoms with van der Waals surface area (Å²) in [6, 6.07) is 19.6. The Kier molecular flexibility index (Phi) is 7.46. The largest absolute Gasteiger partial charge is 0.395 e. The normalized spacial score (nSPS) is 10.8. The number of aliphatic hydroxyl groups is 1. The molecule has 4 heteroatoms. The fraction of sp³-hybridized carbons (Fsp3) is 0.350. The van der Waals surface area contributed by atoms with E-state index in [0.717, 1.165) is 17.5 Å². The maximum Gasteiger partial charge on any atom is 0.234 e. The molecule has 0 aliphatic carbocycles. The SMILES string of the molecule is COCCCN(CCO)C(=O)C(c1ccccc1)c1ccccc1. The summed E-state index contributed by atoms with van der Waals surface area (Å²) in [5.41, 5.74) is 1.92. The number of hydrogen-bond acceptors (Lipinski definition) is 3. The molecule has 2 aromatic rings. The summed E-state index contributed by atoms with van der Waals surface area (Å²) in [6.07, 6.45) is 0.749. The van der Waals surface area contributed by atoms with Gasteiger partial charge in [0.05, 0.1) is 12.5 Å². The predicted molar refractivity (Wildman–Crippen MR) is 94.9 cm³/mol. The molecule has 2 aromatic carbocycles. The topological polar surface area (TPSA) is 49.8 Å². The lowest BCUT2D eigenvalue weighted by Gasteiger charge is -2.27. The van der Waals surface area contributed by atoms with E-state index in [2.05, 4.69) is 0 Å². The maximum absolute atomic E-state index is 13.2. The molecule has 0 aromatic heterocycles. The third-order valence-corrected chi connectivity index (χ3v) is 3.97. The average Bonchev–Trinajstić information content (AvgIpc) is 2.63. The Labute approximate surface area is 143 Å². The second-order valence-electron chi connectivity index (χ2n) is 5.65. The summed E-state index contributed by atoms with van der Waals surface area (Å²) in [5.74, 6) is -0.348. The fourth-order valence-electron chi connectivity index (χ4n) is 2.80. The molecule has 0 saturated carbocycles. The van der Waals surface area contributed by atoms with Crippen LogP contribution in [-0.4, -0.2) is 49.3 Å². The van der Waals surface area contributed by atoms with E-state index in [9.17, 15) is 9.90 Å². The summed E-state index contributed by atoms with van der Waals surface area (Å²) in [6.45, 7) is 1.45. The summed E-state index contributed by atoms with van der Waals surface area (Å²) >= 11 is 0. The van der Waals surface area contributed by atoms with Crippen molar-refractivity contribution in [3.8, 4) is 0 Å². The van der Waals surface area contributed by atoms with Crippen LogP contribution in [0.5, 0.6) is 0 Å². The van der Waals surface area contributed by atoms with Crippen molar-refractivity contribution < 1.29 is 14.6 Å². The van der Waals surface area contributed by atoms with E-state index >= 15 is 0 Å². The van der Waals surface area contributed by atoms with Crippen LogP contribution in [0.4, 0.5) is 0 Å². The highest BCUT2D eigenvalue weighted by Gasteiger charge is 2.26. The van der Waals surface area contributed by atoms with Crippen molar-refractivity contribution in [2.75, 3.05) is 33.4 Å². The van der Waals surface area contributed by atoms with Gasteiger partial charge in [-0.3, -0.25) is 4.79 Å². The first kappa shape index (κ1) is 18.2. The van der Waals surface area contributed by atoms with Crippen molar-refractivity contribution in [2.45, 2.75) is 12.3 Å². The van der Waals surface area contributed by atoms with Crippen molar-refractivity contribution >= 4 is 5.91 Å². The average molecular weight is 327 g/mol. The first-order valence-electron chi connectivity index (χ1n) is 8.26. The van der Waals surface area contributed by atoms with Gasteiger partial charge in [0.1, 0.15) is 0 Å². The lowest BCUT2D eigenvalue weighted by Crippen LogP contribution is -2.38. The minimum atomic E-state index is -0.360. The Balaban J connectivity index is 2.29. The highest BCUT2D eigenvalue weighted by Crippen LogP contribution is 2.26. The van der Waals surface area contributed by atoms with Crippen molar-refractivity contribution in [2.24, 2.45) is 0 Å². The molecule has 4 nitrogen and oxygen atoms in total. The molecule has 128 valence electrons. The molecule has 0 spiro atoms. The molecule has 24 heavy (non-hydrogen) atoms. The van der Waals surface area contributed by atoms with Gasteiger partial charge < -0.3 is 14.7 Å². The van der Waals surface area contributed by atoms with Gasteiger partial charge in [-0.05, 0) is 17.5 Å². The third-order valence-electron chi connectivity index (χ3n) is 3.97. The third kappa shape index (κ3) is 4.91. The first-order chi connectivity index (χ1) is 11.8. The van der Waals surface area contributed by atoms with Gasteiger partial charge in [0.2, 0.25) is 5.91 Å². The summed E-state index contributed by atoms with van der Waals surface area (Å²) in [4.78, 5) is 14.9. The molecule has 0 aliphatic heterocycles. The lowest BCUT2D eigenvalue weighted by atomic mass is 9.90. The zero-order valence-electron chi connectivity index (χ0n) is 14.1. The van der Waals surface area contributed by atoms with E-state index in [0.29, 0.717) is 19.7 Å². The van der Waals surface area contributed by atoms with Gasteiger partial charge in [0, 0.05) is 26.8 Å². The highest BCUT2D eigenvalue weighted by molar-refractivity contribution is 5.87. The number of hydrogen-bond donors (Lipinski definition) is 1. The van der Waals surface area contributed by atoms with Crippen LogP contribution in [0.15, 0.2) is 60.7 Å². The van der Waals surface area contributed by atoms with Crippen LogP contribution < -0.4 is 0 Å². The number of carbonyl (C=O) groups is 1. The van der Waals surface area contributed by atoms with Gasteiger partial charge in [0.25, 0.3) is 0 Å². The molecule has 0 bridgehead atoms. The van der Waals surface area contributed by atoms with Crippen molar-refractivity contribution in [3.63, 3.8) is 0 Å². The van der Waals surface area contributed by atoms with Crippen LogP contribution >= 0.6 is 0 Å². The molecule has 2 rings (SSSR count). The van der Waals surface area contributed by atoms with Gasteiger partial charge >= 0.3 is 0 Å². The Bertz CT molecular complexity index is 561. The maximum atomic E-state index is 13.2. The van der Waals surface area contributed by atoms with E-state index in [1.807, 2.05) is 60.7 Å². The van der Waals surface area contributed by atoms with Crippen LogP contribution in [0, 0.1) is 0 Å². The number of rotatable bonds is 9. The van der Waals surface area contributed by atoms with Crippen LogP contribution in [0.25, 0.3) is 0 Å². The Morgan fingerprint density at radius 2 is 1.54 bits per heavy atom. The van der Waals surface area contributed by atoms with Gasteiger partial charge in [-0.2, -0.15) is 0 Å². The summed E-state index contributed by atoms with van der Waals surface area (Å²) in [5, 5.41) is 9.34. The fourth-order valence-corrected chi connectivity index (χ4v) is 2.80. The van der Waals surface area contributed by atoms with Gasteiger partial charge in [-0.25, -0.2) is 0 Å². The van der Waals surface area contributed by atoms with Crippen LogP contribution in [0.1, 0.15) is 23.5 Å². The molecular formula is C20H25NO3. The van der Waals surface area contributed by atoms with E-state index in [1.165, 1.54) is 0 Å². The van der Waals surface area contributed by atoms with Crippen LogP contribution in [0.3, 0.4) is 0 Å². The zero-order chi connectivity index (χ0) is 17.2. The highest BCUT2D eigenvalue weighted by atomic mass is 16.5. The second kappa shape index (κ2) is 9.85. The number of benzene rings is 2. The molecule has 1 amide bonds. The molecule has 0 heterocycles. The minimum Gasteiger partial charge on any atom is -0.395 e. The summed E-state index contributed by atoms with van der Waals surface area (Å²) < 4.78 is 5.08. The van der Waals surface area contributed by atoms with Gasteiger partial charge in [-0.1, -0.05) is 60.7 Å². The number of ether oxygens (including phenoxy) is 1. The lowest BCUT2D eigenvalue weighted by molar-refractivity contribution is -0.132. The number of methoxy groups -OCH3 is 1. The molecule has 0 saturated heterocycles. The standard InChI is InChI=1S/C20H25NO3/c1-24-16-8-13-21(14-15-22)20(23)19(17-9-4-2-5-10-17)18-11-6-3-7-12-18/h2-7,9-12,19,22H,8,13-16H2,1H3. The Morgan fingerprint density at radius 3 is 2.00 bits per heavy atom. The Morgan fingerprint density at radius 1 is 1.00 bits per heavy atom. The van der Waals surface area contributed by atoms with E-state index < -0.39 is 0 Å². The molecule has 0 radical (unpaired) electrons.